The molecule has 0 fully saturated rings. The Bertz CT molecular complexity index is 297. The number of halogens is 1. The summed E-state index contributed by atoms with van der Waals surface area (Å²) in [6.07, 6.45) is -0.397. The first-order chi connectivity index (χ1) is 6.09. The van der Waals surface area contributed by atoms with Crippen LogP contribution in [0.4, 0.5) is 0 Å². The van der Waals surface area contributed by atoms with Gasteiger partial charge in [0.05, 0.1) is 9.89 Å². The third kappa shape index (κ3) is 3.46. The van der Waals surface area contributed by atoms with Crippen molar-refractivity contribution in [1.29, 1.82) is 0 Å². The van der Waals surface area contributed by atoms with Crippen molar-refractivity contribution >= 4 is 33.2 Å². The quantitative estimate of drug-likeness (QED) is 0.878. The van der Waals surface area contributed by atoms with E-state index in [1.807, 2.05) is 6.07 Å². The van der Waals surface area contributed by atoms with Crippen LogP contribution in [0.1, 0.15) is 23.8 Å². The Hall–Kier alpha value is -0.390. The van der Waals surface area contributed by atoms with Gasteiger partial charge in [-0.15, -0.1) is 11.3 Å². The average Bonchev–Trinajstić information content (AvgIpc) is 2.47. The first-order valence-corrected chi connectivity index (χ1v) is 5.35. The summed E-state index contributed by atoms with van der Waals surface area (Å²) in [5.41, 5.74) is 0. The van der Waals surface area contributed by atoms with Gasteiger partial charge < -0.3 is 10.2 Å². The summed E-state index contributed by atoms with van der Waals surface area (Å²) in [5, 5.41) is 17.9. The van der Waals surface area contributed by atoms with Crippen LogP contribution in [0, 0.1) is 0 Å². The highest BCUT2D eigenvalue weighted by molar-refractivity contribution is 9.11. The Balaban J connectivity index is 2.48. The van der Waals surface area contributed by atoms with Gasteiger partial charge in [0.25, 0.3) is 0 Å². The summed E-state index contributed by atoms with van der Waals surface area (Å²) in [6.45, 7) is 0. The van der Waals surface area contributed by atoms with E-state index < -0.39 is 12.1 Å². The summed E-state index contributed by atoms with van der Waals surface area (Å²) in [7, 11) is 0. The maximum atomic E-state index is 10.2. The van der Waals surface area contributed by atoms with Crippen LogP contribution < -0.4 is 0 Å². The maximum absolute atomic E-state index is 10.2. The first-order valence-electron chi connectivity index (χ1n) is 3.74. The van der Waals surface area contributed by atoms with Gasteiger partial charge in [-0.1, -0.05) is 0 Å². The second-order valence-corrected chi connectivity index (χ2v) is 5.08. The molecule has 1 rings (SSSR count). The Morgan fingerprint density at radius 3 is 2.77 bits per heavy atom. The van der Waals surface area contributed by atoms with E-state index in [-0.39, 0.29) is 12.8 Å². The lowest BCUT2D eigenvalue weighted by Crippen LogP contribution is -2.00. The molecular weight excluding hydrogens is 256 g/mol. The normalized spacial score (nSPS) is 12.8. The average molecular weight is 265 g/mol. The van der Waals surface area contributed by atoms with Gasteiger partial charge in [0, 0.05) is 11.3 Å². The number of carboxylic acid groups (broad SMARTS) is 1. The van der Waals surface area contributed by atoms with Crippen LogP contribution in [0.2, 0.25) is 0 Å². The van der Waals surface area contributed by atoms with E-state index in [0.717, 1.165) is 8.66 Å². The molecule has 0 bridgehead atoms. The van der Waals surface area contributed by atoms with Crippen molar-refractivity contribution < 1.29 is 15.0 Å². The molecule has 0 aromatic carbocycles. The van der Waals surface area contributed by atoms with E-state index in [0.29, 0.717) is 0 Å². The van der Waals surface area contributed by atoms with Gasteiger partial charge in [-0.25, -0.2) is 0 Å². The minimum Gasteiger partial charge on any atom is -0.481 e. The minimum atomic E-state index is -0.880. The number of carboxylic acids is 1. The fourth-order valence-electron chi connectivity index (χ4n) is 0.910. The SMILES string of the molecule is O=C(O)CCC(O)c1ccc(Br)s1. The molecule has 0 spiro atoms. The molecule has 72 valence electrons. The first kappa shape index (κ1) is 10.7. The standard InChI is InChI=1S/C8H9BrO3S/c9-7-3-2-6(13-7)5(10)1-4-8(11)12/h2-3,5,10H,1,4H2,(H,11,12). The highest BCUT2D eigenvalue weighted by atomic mass is 79.9. The summed E-state index contributed by atoms with van der Waals surface area (Å²) < 4.78 is 0.942. The zero-order valence-electron chi connectivity index (χ0n) is 6.74. The van der Waals surface area contributed by atoms with E-state index in [2.05, 4.69) is 15.9 Å². The van der Waals surface area contributed by atoms with Gasteiger partial charge in [-0.05, 0) is 34.5 Å². The number of thiophene rings is 1. The van der Waals surface area contributed by atoms with Gasteiger partial charge in [0.1, 0.15) is 0 Å². The van der Waals surface area contributed by atoms with Crippen molar-refractivity contribution in [3.63, 3.8) is 0 Å². The predicted molar refractivity (Wildman–Crippen MR) is 53.8 cm³/mol. The zero-order chi connectivity index (χ0) is 9.84. The largest absolute Gasteiger partial charge is 0.481 e. The van der Waals surface area contributed by atoms with Gasteiger partial charge in [-0.2, -0.15) is 0 Å². The highest BCUT2D eigenvalue weighted by Crippen LogP contribution is 2.29. The zero-order valence-corrected chi connectivity index (χ0v) is 9.14. The molecule has 0 amide bonds. The van der Waals surface area contributed by atoms with Gasteiger partial charge in [-0.3, -0.25) is 4.79 Å². The highest BCUT2D eigenvalue weighted by Gasteiger charge is 2.11. The molecule has 5 heteroatoms. The van der Waals surface area contributed by atoms with Crippen LogP contribution in [0.15, 0.2) is 15.9 Å². The topological polar surface area (TPSA) is 57.5 Å². The monoisotopic (exact) mass is 264 g/mol. The van der Waals surface area contributed by atoms with Crippen LogP contribution in [0.3, 0.4) is 0 Å². The Labute approximate surface area is 88.1 Å². The Morgan fingerprint density at radius 1 is 1.62 bits per heavy atom. The number of aliphatic carboxylic acids is 1. The van der Waals surface area contributed by atoms with E-state index in [1.54, 1.807) is 6.07 Å². The van der Waals surface area contributed by atoms with E-state index >= 15 is 0 Å². The van der Waals surface area contributed by atoms with Crippen molar-refractivity contribution in [2.24, 2.45) is 0 Å². The van der Waals surface area contributed by atoms with E-state index in [4.69, 9.17) is 5.11 Å². The number of hydrogen-bond acceptors (Lipinski definition) is 3. The lowest BCUT2D eigenvalue weighted by molar-refractivity contribution is -0.137. The van der Waals surface area contributed by atoms with E-state index in [9.17, 15) is 9.90 Å². The second-order valence-electron chi connectivity index (χ2n) is 2.59. The molecule has 0 aliphatic carbocycles. The van der Waals surface area contributed by atoms with Crippen molar-refractivity contribution in [3.8, 4) is 0 Å². The molecule has 1 heterocycles. The van der Waals surface area contributed by atoms with Gasteiger partial charge in [0.2, 0.25) is 0 Å². The summed E-state index contributed by atoms with van der Waals surface area (Å²) in [6, 6.07) is 3.63. The van der Waals surface area contributed by atoms with Crippen molar-refractivity contribution in [2.75, 3.05) is 0 Å². The molecule has 1 aromatic heterocycles. The van der Waals surface area contributed by atoms with Crippen LogP contribution in [-0.2, 0) is 4.79 Å². The summed E-state index contributed by atoms with van der Waals surface area (Å²) in [4.78, 5) is 11.0. The number of carbonyl (C=O) groups is 1. The molecule has 1 aromatic rings. The molecule has 2 N–H and O–H groups in total. The molecular formula is C8H9BrO3S. The maximum Gasteiger partial charge on any atom is 0.303 e. The Morgan fingerprint density at radius 2 is 2.31 bits per heavy atom. The molecule has 1 atom stereocenters. The fraction of sp³-hybridized carbons (Fsp3) is 0.375. The smallest absolute Gasteiger partial charge is 0.303 e. The molecule has 0 aliphatic heterocycles. The summed E-state index contributed by atoms with van der Waals surface area (Å²) >= 11 is 4.69. The summed E-state index contributed by atoms with van der Waals surface area (Å²) in [5.74, 6) is -0.880. The molecule has 0 aliphatic rings. The third-order valence-corrected chi connectivity index (χ3v) is 3.28. The number of hydrogen-bond donors (Lipinski definition) is 2. The molecule has 0 radical (unpaired) electrons. The van der Waals surface area contributed by atoms with Crippen LogP contribution in [0.5, 0.6) is 0 Å². The molecule has 3 nitrogen and oxygen atoms in total. The van der Waals surface area contributed by atoms with Crippen molar-refractivity contribution in [2.45, 2.75) is 18.9 Å². The molecule has 0 saturated heterocycles. The number of aliphatic hydroxyl groups excluding tert-OH is 1. The van der Waals surface area contributed by atoms with Crippen LogP contribution >= 0.6 is 27.3 Å². The lowest BCUT2D eigenvalue weighted by Gasteiger charge is -2.04. The fourth-order valence-corrected chi connectivity index (χ4v) is 2.35. The number of aliphatic hydroxyl groups is 1. The third-order valence-electron chi connectivity index (χ3n) is 1.55. The predicted octanol–water partition coefficient (Wildman–Crippen LogP) is 2.41. The Kier molecular flexibility index (Phi) is 3.90. The van der Waals surface area contributed by atoms with Crippen LogP contribution in [-0.4, -0.2) is 16.2 Å². The minimum absolute atomic E-state index is 0.00329. The second kappa shape index (κ2) is 4.74. The van der Waals surface area contributed by atoms with Gasteiger partial charge in [0.15, 0.2) is 0 Å². The molecule has 13 heavy (non-hydrogen) atoms. The van der Waals surface area contributed by atoms with Gasteiger partial charge >= 0.3 is 5.97 Å². The lowest BCUT2D eigenvalue weighted by atomic mass is 10.2. The molecule has 0 saturated carbocycles. The van der Waals surface area contributed by atoms with E-state index in [1.165, 1.54) is 11.3 Å². The van der Waals surface area contributed by atoms with Crippen molar-refractivity contribution in [3.05, 3.63) is 20.8 Å². The van der Waals surface area contributed by atoms with Crippen LogP contribution in [0.25, 0.3) is 0 Å². The van der Waals surface area contributed by atoms with Crippen molar-refractivity contribution in [1.82, 2.24) is 0 Å². The number of rotatable bonds is 4. The molecule has 1 unspecified atom stereocenters.